The molecule has 0 aliphatic rings. The Hall–Kier alpha value is -2.79. The summed E-state index contributed by atoms with van der Waals surface area (Å²) in [6, 6.07) is -1.30. The van der Waals surface area contributed by atoms with Crippen LogP contribution < -0.4 is 16.0 Å². The maximum atomic E-state index is 13.0. The number of ether oxygens (including phenoxy) is 1. The fourth-order valence-electron chi connectivity index (χ4n) is 2.03. The van der Waals surface area contributed by atoms with Crippen LogP contribution in [0.3, 0.4) is 0 Å². The first-order valence-electron chi connectivity index (χ1n) is 8.14. The predicted octanol–water partition coefficient (Wildman–Crippen LogP) is 0.810. The van der Waals surface area contributed by atoms with Crippen molar-refractivity contribution in [2.75, 3.05) is 20.2 Å². The third-order valence-electron chi connectivity index (χ3n) is 3.39. The van der Waals surface area contributed by atoms with E-state index in [2.05, 4.69) is 21.0 Å². The maximum absolute atomic E-state index is 13.0. The number of alkyl carbamates (subject to hydrolysis) is 1. The lowest BCUT2D eigenvalue weighted by atomic mass is 10.2. The summed E-state index contributed by atoms with van der Waals surface area (Å²) in [6.07, 6.45) is -3.27. The number of carbonyl (C=O) groups excluding carboxylic acids is 3. The molecule has 1 heterocycles. The summed E-state index contributed by atoms with van der Waals surface area (Å²) in [4.78, 5) is 35.6. The molecule has 1 aromatic heterocycles. The Bertz CT molecular complexity index is 675. The zero-order valence-corrected chi connectivity index (χ0v) is 15.1. The van der Waals surface area contributed by atoms with Crippen LogP contribution in [0.2, 0.25) is 0 Å². The molecular weight excluding hydrogens is 371 g/mol. The van der Waals surface area contributed by atoms with Crippen LogP contribution in [0.15, 0.2) is 6.20 Å². The van der Waals surface area contributed by atoms with Crippen molar-refractivity contribution in [3.8, 4) is 0 Å². The SMILES string of the molecule is CCCCOC(=O)NC[C@H](NC(=O)c1cn(C)nc1C(F)(F)F)C(=O)NC. The van der Waals surface area contributed by atoms with E-state index in [9.17, 15) is 27.6 Å². The second-order valence-corrected chi connectivity index (χ2v) is 5.57. The molecule has 0 aliphatic carbocycles. The average molecular weight is 393 g/mol. The average Bonchev–Trinajstić information content (AvgIpc) is 3.00. The number of nitrogens with one attached hydrogen (secondary N) is 3. The zero-order chi connectivity index (χ0) is 20.6. The summed E-state index contributed by atoms with van der Waals surface area (Å²) < 4.78 is 44.6. The Balaban J connectivity index is 2.81. The van der Waals surface area contributed by atoms with E-state index in [1.54, 1.807) is 0 Å². The quantitative estimate of drug-likeness (QED) is 0.566. The first-order valence-corrected chi connectivity index (χ1v) is 8.14. The maximum Gasteiger partial charge on any atom is 0.435 e. The van der Waals surface area contributed by atoms with E-state index in [0.717, 1.165) is 17.3 Å². The summed E-state index contributed by atoms with van der Waals surface area (Å²) in [5, 5.41) is 9.93. The first kappa shape index (κ1) is 22.3. The molecule has 152 valence electrons. The van der Waals surface area contributed by atoms with Gasteiger partial charge < -0.3 is 20.7 Å². The highest BCUT2D eigenvalue weighted by Crippen LogP contribution is 2.30. The monoisotopic (exact) mass is 393 g/mol. The largest absolute Gasteiger partial charge is 0.450 e. The van der Waals surface area contributed by atoms with Gasteiger partial charge in [0.25, 0.3) is 5.91 Å². The normalized spacial score (nSPS) is 12.2. The highest BCUT2D eigenvalue weighted by molar-refractivity contribution is 5.98. The van der Waals surface area contributed by atoms with Gasteiger partial charge in [0.05, 0.1) is 18.7 Å². The topological polar surface area (TPSA) is 114 Å². The van der Waals surface area contributed by atoms with Crippen LogP contribution in [0.5, 0.6) is 0 Å². The predicted molar refractivity (Wildman–Crippen MR) is 87.8 cm³/mol. The lowest BCUT2D eigenvalue weighted by Gasteiger charge is -2.18. The van der Waals surface area contributed by atoms with E-state index < -0.39 is 41.4 Å². The van der Waals surface area contributed by atoms with Gasteiger partial charge in [-0.2, -0.15) is 18.3 Å². The van der Waals surface area contributed by atoms with Crippen LogP contribution in [0, 0.1) is 0 Å². The number of halogens is 3. The Morgan fingerprint density at radius 3 is 2.56 bits per heavy atom. The van der Waals surface area contributed by atoms with Crippen LogP contribution >= 0.6 is 0 Å². The van der Waals surface area contributed by atoms with Crippen molar-refractivity contribution < 1.29 is 32.3 Å². The van der Waals surface area contributed by atoms with Gasteiger partial charge in [-0.3, -0.25) is 14.3 Å². The molecule has 0 radical (unpaired) electrons. The summed E-state index contributed by atoms with van der Waals surface area (Å²) in [5.74, 6) is -1.85. The van der Waals surface area contributed by atoms with Crippen LogP contribution in [0.4, 0.5) is 18.0 Å². The molecule has 0 unspecified atom stereocenters. The number of unbranched alkanes of at least 4 members (excludes halogenated alkanes) is 1. The molecule has 3 N–H and O–H groups in total. The van der Waals surface area contributed by atoms with Gasteiger partial charge >= 0.3 is 12.3 Å². The molecule has 0 spiro atoms. The Labute approximate surface area is 153 Å². The van der Waals surface area contributed by atoms with E-state index in [0.29, 0.717) is 6.42 Å². The Morgan fingerprint density at radius 2 is 2.00 bits per heavy atom. The summed E-state index contributed by atoms with van der Waals surface area (Å²) >= 11 is 0. The van der Waals surface area contributed by atoms with E-state index in [-0.39, 0.29) is 13.2 Å². The minimum Gasteiger partial charge on any atom is -0.450 e. The zero-order valence-electron chi connectivity index (χ0n) is 15.1. The lowest BCUT2D eigenvalue weighted by molar-refractivity contribution is -0.141. The van der Waals surface area contributed by atoms with Gasteiger partial charge in [0.1, 0.15) is 6.04 Å². The molecule has 0 fully saturated rings. The molecule has 0 saturated heterocycles. The van der Waals surface area contributed by atoms with Gasteiger partial charge in [0.2, 0.25) is 5.91 Å². The van der Waals surface area contributed by atoms with Crippen molar-refractivity contribution in [2.45, 2.75) is 32.0 Å². The minimum absolute atomic E-state index is 0.184. The van der Waals surface area contributed by atoms with Gasteiger partial charge in [-0.1, -0.05) is 13.3 Å². The van der Waals surface area contributed by atoms with Crippen LogP contribution in [0.25, 0.3) is 0 Å². The van der Waals surface area contributed by atoms with Crippen molar-refractivity contribution in [3.63, 3.8) is 0 Å². The number of likely N-dealkylation sites (N-methyl/N-ethyl adjacent to an activating group) is 1. The summed E-state index contributed by atoms with van der Waals surface area (Å²) in [6.45, 7) is 1.73. The van der Waals surface area contributed by atoms with Crippen LogP contribution in [0.1, 0.15) is 35.8 Å². The van der Waals surface area contributed by atoms with E-state index >= 15 is 0 Å². The van der Waals surface area contributed by atoms with E-state index in [1.807, 2.05) is 6.92 Å². The molecule has 1 atom stereocenters. The van der Waals surface area contributed by atoms with Gasteiger partial charge in [0, 0.05) is 20.3 Å². The van der Waals surface area contributed by atoms with Gasteiger partial charge in [0.15, 0.2) is 5.69 Å². The second-order valence-electron chi connectivity index (χ2n) is 5.57. The number of rotatable bonds is 8. The smallest absolute Gasteiger partial charge is 0.435 e. The van der Waals surface area contributed by atoms with Gasteiger partial charge in [-0.05, 0) is 6.42 Å². The Morgan fingerprint density at radius 1 is 1.33 bits per heavy atom. The molecule has 3 amide bonds. The van der Waals surface area contributed by atoms with Gasteiger partial charge in [-0.25, -0.2) is 4.79 Å². The number of aromatic nitrogens is 2. The number of carbonyl (C=O) groups is 3. The number of nitrogens with zero attached hydrogens (tertiary/aromatic N) is 2. The summed E-state index contributed by atoms with van der Waals surface area (Å²) in [5.41, 5.74) is -2.10. The molecule has 9 nitrogen and oxygen atoms in total. The molecule has 0 aliphatic heterocycles. The number of hydrogen-bond acceptors (Lipinski definition) is 5. The molecule has 1 aromatic rings. The first-order chi connectivity index (χ1) is 12.6. The molecular formula is C15H22F3N5O4. The van der Waals surface area contributed by atoms with Crippen molar-refractivity contribution in [3.05, 3.63) is 17.5 Å². The number of aryl methyl sites for hydroxylation is 1. The van der Waals surface area contributed by atoms with Crippen molar-refractivity contribution in [2.24, 2.45) is 7.05 Å². The lowest BCUT2D eigenvalue weighted by Crippen LogP contribution is -2.52. The number of alkyl halides is 3. The standard InChI is InChI=1S/C15H22F3N5O4/c1-4-5-6-27-14(26)20-7-10(13(25)19-2)21-12(24)9-8-23(3)22-11(9)15(16,17)18/h8,10H,4-7H2,1-3H3,(H,19,25)(H,20,26)(H,21,24)/t10-/m0/s1. The van der Waals surface area contributed by atoms with Gasteiger partial charge in [-0.15, -0.1) is 0 Å². The molecule has 1 rings (SSSR count). The second kappa shape index (κ2) is 9.78. The van der Waals surface area contributed by atoms with Crippen LogP contribution in [-0.4, -0.2) is 53.9 Å². The minimum atomic E-state index is -4.84. The molecule has 12 heteroatoms. The third kappa shape index (κ3) is 6.79. The molecule has 0 aromatic carbocycles. The highest BCUT2D eigenvalue weighted by atomic mass is 19.4. The number of amides is 3. The van der Waals surface area contributed by atoms with Crippen molar-refractivity contribution >= 4 is 17.9 Å². The van der Waals surface area contributed by atoms with Crippen molar-refractivity contribution in [1.82, 2.24) is 25.7 Å². The van der Waals surface area contributed by atoms with E-state index in [1.165, 1.54) is 14.1 Å². The fourth-order valence-corrected chi connectivity index (χ4v) is 2.03. The van der Waals surface area contributed by atoms with Crippen molar-refractivity contribution in [1.29, 1.82) is 0 Å². The number of hydrogen-bond donors (Lipinski definition) is 3. The summed E-state index contributed by atoms with van der Waals surface area (Å²) in [7, 11) is 2.52. The van der Waals surface area contributed by atoms with Crippen LogP contribution in [-0.2, 0) is 22.8 Å². The molecule has 27 heavy (non-hydrogen) atoms. The fraction of sp³-hybridized carbons (Fsp3) is 0.600. The molecule has 0 saturated carbocycles. The highest BCUT2D eigenvalue weighted by Gasteiger charge is 2.39. The third-order valence-corrected chi connectivity index (χ3v) is 3.39. The molecule has 0 bridgehead atoms. The Kier molecular flexibility index (Phi) is 8.06. The van der Waals surface area contributed by atoms with E-state index in [4.69, 9.17) is 4.74 Å².